The molecule has 1 heterocycles. The Hall–Kier alpha value is -5.11. The van der Waals surface area contributed by atoms with Crippen molar-refractivity contribution in [2.75, 3.05) is 19.7 Å². The second-order valence-corrected chi connectivity index (χ2v) is 13.6. The fraction of sp³-hybridized carbons (Fsp3) is 0.325. The molecule has 8 nitrogen and oxygen atoms in total. The topological polar surface area (TPSA) is 94.2 Å². The molecule has 4 aromatic rings. The van der Waals surface area contributed by atoms with Crippen molar-refractivity contribution in [2.24, 2.45) is 5.92 Å². The summed E-state index contributed by atoms with van der Waals surface area (Å²) in [6.07, 6.45) is -1.06. The molecule has 250 valence electrons. The van der Waals surface area contributed by atoms with Crippen molar-refractivity contribution in [3.63, 3.8) is 0 Å². The number of alkyl carbamates (subject to hydrolysis) is 1. The van der Waals surface area contributed by atoms with Crippen molar-refractivity contribution < 1.29 is 28.6 Å². The molecule has 0 fully saturated rings. The zero-order valence-corrected chi connectivity index (χ0v) is 28.3. The van der Waals surface area contributed by atoms with E-state index in [1.165, 1.54) is 10.5 Å². The Kier molecular flexibility index (Phi) is 10.8. The average molecular weight is 649 g/mol. The summed E-state index contributed by atoms with van der Waals surface area (Å²) in [7, 11) is 0. The van der Waals surface area contributed by atoms with Crippen molar-refractivity contribution in [1.29, 1.82) is 0 Å². The maximum absolute atomic E-state index is 13.1. The number of fused-ring (bicyclic) bond motifs is 1. The number of nitrogens with one attached hydrogen (secondary N) is 1. The van der Waals surface area contributed by atoms with Crippen LogP contribution in [-0.4, -0.2) is 42.8 Å². The Balaban J connectivity index is 1.19. The number of carbonyl (C=O) groups excluding carboxylic acids is 3. The summed E-state index contributed by atoms with van der Waals surface area (Å²) in [4.78, 5) is 40.4. The molecular weight excluding hydrogens is 604 g/mol. The van der Waals surface area contributed by atoms with E-state index in [2.05, 4.69) is 38.2 Å². The molecule has 1 N–H and O–H groups in total. The molecule has 1 aliphatic rings. The van der Waals surface area contributed by atoms with E-state index >= 15 is 0 Å². The molecule has 1 aliphatic heterocycles. The van der Waals surface area contributed by atoms with Gasteiger partial charge in [-0.15, -0.1) is 0 Å². The van der Waals surface area contributed by atoms with E-state index in [1.54, 1.807) is 0 Å². The van der Waals surface area contributed by atoms with E-state index < -0.39 is 24.1 Å². The van der Waals surface area contributed by atoms with Crippen LogP contribution in [0.3, 0.4) is 0 Å². The zero-order chi connectivity index (χ0) is 34.3. The van der Waals surface area contributed by atoms with Gasteiger partial charge in [0.05, 0.1) is 12.5 Å². The lowest BCUT2D eigenvalue weighted by atomic mass is 9.87. The maximum atomic E-state index is 13.1. The third-order valence-corrected chi connectivity index (χ3v) is 8.30. The van der Waals surface area contributed by atoms with Gasteiger partial charge in [-0.05, 0) is 75.4 Å². The highest BCUT2D eigenvalue weighted by Gasteiger charge is 2.27. The maximum Gasteiger partial charge on any atom is 0.419 e. The van der Waals surface area contributed by atoms with Gasteiger partial charge in [0.25, 0.3) is 0 Å². The Bertz CT molecular complexity index is 1710. The van der Waals surface area contributed by atoms with Crippen LogP contribution >= 0.6 is 0 Å². The fourth-order valence-electron chi connectivity index (χ4n) is 5.50. The molecule has 0 aromatic heterocycles. The van der Waals surface area contributed by atoms with Gasteiger partial charge in [0.2, 0.25) is 0 Å². The molecule has 1 unspecified atom stereocenters. The van der Waals surface area contributed by atoms with Crippen LogP contribution < -0.4 is 10.1 Å². The zero-order valence-electron chi connectivity index (χ0n) is 28.3. The monoisotopic (exact) mass is 648 g/mol. The van der Waals surface area contributed by atoms with Crippen molar-refractivity contribution in [2.45, 2.75) is 58.9 Å². The lowest BCUT2D eigenvalue weighted by Crippen LogP contribution is -2.40. The van der Waals surface area contributed by atoms with E-state index in [-0.39, 0.29) is 31.0 Å². The summed E-state index contributed by atoms with van der Waals surface area (Å²) >= 11 is 0. The van der Waals surface area contributed by atoms with Gasteiger partial charge in [-0.2, -0.15) is 0 Å². The molecule has 0 radical (unpaired) electrons. The minimum Gasteiger partial charge on any atom is -0.465 e. The van der Waals surface area contributed by atoms with E-state index in [0.29, 0.717) is 24.3 Å². The number of rotatable bonds is 9. The first kappa shape index (κ1) is 34.2. The van der Waals surface area contributed by atoms with Crippen LogP contribution in [-0.2, 0) is 32.6 Å². The Morgan fingerprint density at radius 2 is 1.48 bits per heavy atom. The number of benzene rings is 4. The summed E-state index contributed by atoms with van der Waals surface area (Å²) < 4.78 is 16.8. The molecule has 0 saturated heterocycles. The Morgan fingerprint density at radius 3 is 2.15 bits per heavy atom. The molecule has 0 aliphatic carbocycles. The second-order valence-electron chi connectivity index (χ2n) is 13.6. The molecule has 0 bridgehead atoms. The molecule has 0 saturated carbocycles. The molecule has 0 spiro atoms. The van der Waals surface area contributed by atoms with Crippen LogP contribution in [0.2, 0.25) is 0 Å². The first-order chi connectivity index (χ1) is 23.0. The van der Waals surface area contributed by atoms with E-state index in [4.69, 9.17) is 14.2 Å². The molecule has 2 amide bonds. The molecule has 8 heteroatoms. The smallest absolute Gasteiger partial charge is 0.419 e. The van der Waals surface area contributed by atoms with Crippen LogP contribution in [0.4, 0.5) is 9.59 Å². The number of hydrogen-bond acceptors (Lipinski definition) is 6. The number of esters is 1. The van der Waals surface area contributed by atoms with Gasteiger partial charge in [0.1, 0.15) is 11.5 Å². The third-order valence-electron chi connectivity index (χ3n) is 8.30. The molecule has 48 heavy (non-hydrogen) atoms. The van der Waals surface area contributed by atoms with Gasteiger partial charge in [-0.25, -0.2) is 9.59 Å². The highest BCUT2D eigenvalue weighted by Crippen LogP contribution is 2.30. The highest BCUT2D eigenvalue weighted by molar-refractivity contribution is 5.85. The van der Waals surface area contributed by atoms with Crippen molar-refractivity contribution in [3.8, 4) is 22.6 Å². The van der Waals surface area contributed by atoms with E-state index in [0.717, 1.165) is 28.0 Å². The third kappa shape index (κ3) is 9.03. The van der Waals surface area contributed by atoms with Crippen molar-refractivity contribution >= 4 is 18.2 Å². The first-order valence-electron chi connectivity index (χ1n) is 16.4. The molecular formula is C40H44N2O6. The normalized spacial score (nSPS) is 13.3. The summed E-state index contributed by atoms with van der Waals surface area (Å²) in [6, 6.07) is 31.4. The molecule has 1 atom stereocenters. The first-order valence-corrected chi connectivity index (χ1v) is 16.4. The summed E-state index contributed by atoms with van der Waals surface area (Å²) in [6.45, 7) is 11.3. The SMILES string of the molecule is CC(C)COC(=O)C(CNC(=O)OC(=O)N1CCc2ccc(Oc3ccc(C(C)(C)C)cc3)cc2C1)c1ccc(-c2ccccc2)cc1. The molecule has 5 rings (SSSR count). The van der Waals surface area contributed by atoms with Crippen LogP contribution in [0, 0.1) is 5.92 Å². The van der Waals surface area contributed by atoms with E-state index in [9.17, 15) is 14.4 Å². The predicted molar refractivity (Wildman–Crippen MR) is 186 cm³/mol. The summed E-state index contributed by atoms with van der Waals surface area (Å²) in [5.74, 6) is 0.310. The lowest BCUT2D eigenvalue weighted by molar-refractivity contribution is -0.146. The van der Waals surface area contributed by atoms with Crippen LogP contribution in [0.5, 0.6) is 11.5 Å². The van der Waals surface area contributed by atoms with Crippen LogP contribution in [0.1, 0.15) is 62.8 Å². The number of ether oxygens (including phenoxy) is 3. The predicted octanol–water partition coefficient (Wildman–Crippen LogP) is 8.63. The number of nitrogens with zero attached hydrogens (tertiary/aromatic N) is 1. The van der Waals surface area contributed by atoms with Gasteiger partial charge < -0.3 is 24.4 Å². The standard InChI is InChI=1S/C40H44N2O6/c1-27(2)26-46-37(43)36(31-13-11-29(12-14-31)28-9-7-6-8-10-28)24-41-38(44)48-39(45)42-22-21-30-15-18-35(23-32(30)25-42)47-34-19-16-33(17-20-34)40(3,4)5/h6-20,23,27,36H,21-22,24-26H2,1-5H3,(H,41,44). The lowest BCUT2D eigenvalue weighted by Gasteiger charge is -2.28. The van der Waals surface area contributed by atoms with Crippen molar-refractivity contribution in [3.05, 3.63) is 119 Å². The number of hydrogen-bond donors (Lipinski definition) is 1. The minimum atomic E-state index is -0.927. The Morgan fingerprint density at radius 1 is 0.812 bits per heavy atom. The van der Waals surface area contributed by atoms with Gasteiger partial charge in [-0.1, -0.05) is 107 Å². The van der Waals surface area contributed by atoms with Gasteiger partial charge in [-0.3, -0.25) is 4.79 Å². The van der Waals surface area contributed by atoms with Crippen molar-refractivity contribution in [1.82, 2.24) is 10.2 Å². The summed E-state index contributed by atoms with van der Waals surface area (Å²) in [5.41, 5.74) is 6.05. The van der Waals surface area contributed by atoms with E-state index in [1.807, 2.05) is 98.8 Å². The van der Waals surface area contributed by atoms with Crippen LogP contribution in [0.25, 0.3) is 11.1 Å². The van der Waals surface area contributed by atoms with Gasteiger partial charge in [0, 0.05) is 19.6 Å². The average Bonchev–Trinajstić information content (AvgIpc) is 3.07. The largest absolute Gasteiger partial charge is 0.465 e. The Labute approximate surface area is 283 Å². The van der Waals surface area contributed by atoms with Crippen LogP contribution in [0.15, 0.2) is 97.1 Å². The second kappa shape index (κ2) is 15.2. The quantitative estimate of drug-likeness (QED) is 0.144. The summed E-state index contributed by atoms with van der Waals surface area (Å²) in [5, 5.41) is 2.61. The minimum absolute atomic E-state index is 0.0510. The highest BCUT2D eigenvalue weighted by atomic mass is 16.6. The number of amides is 2. The number of carbonyl (C=O) groups is 3. The van der Waals surface area contributed by atoms with Gasteiger partial charge in [0.15, 0.2) is 0 Å². The fourth-order valence-corrected chi connectivity index (χ4v) is 5.50. The molecule has 4 aromatic carbocycles. The van der Waals surface area contributed by atoms with Gasteiger partial charge >= 0.3 is 18.2 Å².